The molecule has 6 heteroatoms. The van der Waals surface area contributed by atoms with E-state index in [1.165, 1.54) is 13.0 Å². The molecule has 6 nitrogen and oxygen atoms in total. The molecule has 0 aliphatic rings. The Morgan fingerprint density at radius 2 is 2.06 bits per heavy atom. The summed E-state index contributed by atoms with van der Waals surface area (Å²) in [5, 5.41) is 25.8. The molecule has 0 spiro atoms. The number of rotatable bonds is 3. The number of phenols is 1. The van der Waals surface area contributed by atoms with E-state index in [0.29, 0.717) is 0 Å². The third-order valence-corrected chi connectivity index (χ3v) is 1.96. The largest absolute Gasteiger partial charge is 0.510 e. The Kier molecular flexibility index (Phi) is 3.82. The topological polar surface area (TPSA) is 108 Å². The van der Waals surface area contributed by atoms with E-state index in [0.717, 1.165) is 5.56 Å². The van der Waals surface area contributed by atoms with E-state index in [1.54, 1.807) is 12.1 Å². The Labute approximate surface area is 98.1 Å². The van der Waals surface area contributed by atoms with Crippen LogP contribution in [-0.2, 0) is 4.79 Å². The number of aliphatic hydroxyl groups is 1. The molecule has 0 saturated carbocycles. The molecule has 0 fully saturated rings. The molecule has 0 aliphatic carbocycles. The van der Waals surface area contributed by atoms with E-state index in [2.05, 4.69) is 10.2 Å². The number of aliphatic hydroxyl groups excluding tert-OH is 1. The predicted octanol–water partition coefficient (Wildman–Crippen LogP) is 2.06. The molecule has 0 heterocycles. The van der Waals surface area contributed by atoms with Gasteiger partial charge in [-0.15, -0.1) is 10.2 Å². The standard InChI is InChI=1S/C11H13N3O3/c1-6-3-4-9(16)8(5-6)13-14-10(7(2)15)11(12)17/h3-5,15-16H,1-2H3,(H2,12,17)/b10-7-,14-13?. The van der Waals surface area contributed by atoms with E-state index >= 15 is 0 Å². The molecular formula is C11H13N3O3. The van der Waals surface area contributed by atoms with Crippen molar-refractivity contribution in [3.8, 4) is 5.75 Å². The number of hydrogen-bond donors (Lipinski definition) is 3. The lowest BCUT2D eigenvalue weighted by Gasteiger charge is -2.00. The number of nitrogens with zero attached hydrogens (tertiary/aromatic N) is 2. The monoisotopic (exact) mass is 235 g/mol. The van der Waals surface area contributed by atoms with Gasteiger partial charge < -0.3 is 15.9 Å². The second-order valence-electron chi connectivity index (χ2n) is 3.49. The van der Waals surface area contributed by atoms with E-state index in [9.17, 15) is 9.90 Å². The molecule has 4 N–H and O–H groups in total. The quantitative estimate of drug-likeness (QED) is 0.423. The van der Waals surface area contributed by atoms with Gasteiger partial charge in [0.1, 0.15) is 17.2 Å². The number of benzene rings is 1. The van der Waals surface area contributed by atoms with Crippen LogP contribution in [0, 0.1) is 6.92 Å². The summed E-state index contributed by atoms with van der Waals surface area (Å²) in [6, 6.07) is 4.75. The molecular weight excluding hydrogens is 222 g/mol. The molecule has 1 rings (SSSR count). The first kappa shape index (κ1) is 12.7. The summed E-state index contributed by atoms with van der Waals surface area (Å²) < 4.78 is 0. The van der Waals surface area contributed by atoms with Crippen LogP contribution in [0.1, 0.15) is 12.5 Å². The van der Waals surface area contributed by atoms with Crippen molar-refractivity contribution in [1.82, 2.24) is 0 Å². The number of nitrogens with two attached hydrogens (primary N) is 1. The van der Waals surface area contributed by atoms with Crippen molar-refractivity contribution >= 4 is 11.6 Å². The SMILES string of the molecule is C/C(O)=C(/N=Nc1cc(C)ccc1O)C(N)=O. The minimum atomic E-state index is -0.888. The van der Waals surface area contributed by atoms with Crippen LogP contribution in [0.5, 0.6) is 5.75 Å². The fraction of sp³-hybridized carbons (Fsp3) is 0.182. The van der Waals surface area contributed by atoms with Gasteiger partial charge in [-0.25, -0.2) is 0 Å². The maximum Gasteiger partial charge on any atom is 0.272 e. The third kappa shape index (κ3) is 3.30. The number of primary amides is 1. The third-order valence-electron chi connectivity index (χ3n) is 1.96. The number of amides is 1. The molecule has 1 aromatic rings. The molecule has 0 radical (unpaired) electrons. The lowest BCUT2D eigenvalue weighted by molar-refractivity contribution is -0.114. The van der Waals surface area contributed by atoms with E-state index in [-0.39, 0.29) is 22.9 Å². The summed E-state index contributed by atoms with van der Waals surface area (Å²) in [6.45, 7) is 3.09. The second kappa shape index (κ2) is 5.11. The van der Waals surface area contributed by atoms with Gasteiger partial charge in [-0.1, -0.05) is 6.07 Å². The first-order valence-electron chi connectivity index (χ1n) is 4.83. The van der Waals surface area contributed by atoms with Crippen LogP contribution >= 0.6 is 0 Å². The van der Waals surface area contributed by atoms with Crippen LogP contribution in [0.3, 0.4) is 0 Å². The zero-order chi connectivity index (χ0) is 13.0. The van der Waals surface area contributed by atoms with Crippen molar-refractivity contribution in [3.63, 3.8) is 0 Å². The van der Waals surface area contributed by atoms with Crippen molar-refractivity contribution in [2.75, 3.05) is 0 Å². The molecule has 1 aromatic carbocycles. The summed E-state index contributed by atoms with van der Waals surface area (Å²) in [6.07, 6.45) is 0. The summed E-state index contributed by atoms with van der Waals surface area (Å²) in [4.78, 5) is 10.9. The summed E-state index contributed by atoms with van der Waals surface area (Å²) in [7, 11) is 0. The van der Waals surface area contributed by atoms with Crippen molar-refractivity contribution in [3.05, 3.63) is 35.2 Å². The van der Waals surface area contributed by atoms with Crippen LogP contribution in [0.2, 0.25) is 0 Å². The Bertz CT molecular complexity index is 503. The Morgan fingerprint density at radius 1 is 1.41 bits per heavy atom. The molecule has 90 valence electrons. The molecule has 0 aliphatic heterocycles. The van der Waals surface area contributed by atoms with Crippen LogP contribution in [-0.4, -0.2) is 16.1 Å². The smallest absolute Gasteiger partial charge is 0.272 e. The molecule has 0 saturated heterocycles. The highest BCUT2D eigenvalue weighted by Crippen LogP contribution is 2.27. The number of allylic oxidation sites excluding steroid dienone is 1. The second-order valence-corrected chi connectivity index (χ2v) is 3.49. The van der Waals surface area contributed by atoms with Gasteiger partial charge in [-0.2, -0.15) is 0 Å². The lowest BCUT2D eigenvalue weighted by atomic mass is 10.2. The zero-order valence-corrected chi connectivity index (χ0v) is 9.51. The Hall–Kier alpha value is -2.37. The van der Waals surface area contributed by atoms with Crippen molar-refractivity contribution < 1.29 is 15.0 Å². The predicted molar refractivity (Wildman–Crippen MR) is 61.9 cm³/mol. The number of hydrogen-bond acceptors (Lipinski definition) is 5. The fourth-order valence-electron chi connectivity index (χ4n) is 1.12. The van der Waals surface area contributed by atoms with Crippen molar-refractivity contribution in [2.24, 2.45) is 16.0 Å². The first-order valence-corrected chi connectivity index (χ1v) is 4.83. The van der Waals surface area contributed by atoms with Crippen LogP contribution in [0.15, 0.2) is 39.9 Å². The highest BCUT2D eigenvalue weighted by Gasteiger charge is 2.08. The average molecular weight is 235 g/mol. The minimum Gasteiger partial charge on any atom is -0.510 e. The summed E-state index contributed by atoms with van der Waals surface area (Å²) >= 11 is 0. The van der Waals surface area contributed by atoms with Gasteiger partial charge >= 0.3 is 0 Å². The van der Waals surface area contributed by atoms with Gasteiger partial charge in [0.05, 0.1) is 0 Å². The number of carbonyl (C=O) groups is 1. The maximum absolute atomic E-state index is 10.9. The maximum atomic E-state index is 10.9. The molecule has 17 heavy (non-hydrogen) atoms. The fourth-order valence-corrected chi connectivity index (χ4v) is 1.12. The zero-order valence-electron chi connectivity index (χ0n) is 9.51. The van der Waals surface area contributed by atoms with Crippen molar-refractivity contribution in [2.45, 2.75) is 13.8 Å². The molecule has 1 amide bonds. The summed E-state index contributed by atoms with van der Waals surface area (Å²) in [5.74, 6) is -1.28. The Morgan fingerprint density at radius 3 is 2.59 bits per heavy atom. The number of azo groups is 1. The average Bonchev–Trinajstić information content (AvgIpc) is 2.22. The summed E-state index contributed by atoms with van der Waals surface area (Å²) in [5.41, 5.74) is 5.73. The molecule has 0 bridgehead atoms. The highest BCUT2D eigenvalue weighted by molar-refractivity contribution is 5.91. The Balaban J connectivity index is 3.09. The first-order chi connectivity index (χ1) is 7.91. The highest BCUT2D eigenvalue weighted by atomic mass is 16.3. The molecule has 0 atom stereocenters. The van der Waals surface area contributed by atoms with Crippen LogP contribution < -0.4 is 5.73 Å². The number of aromatic hydroxyl groups is 1. The molecule has 0 aromatic heterocycles. The van der Waals surface area contributed by atoms with Gasteiger partial charge in [0.25, 0.3) is 5.91 Å². The van der Waals surface area contributed by atoms with E-state index in [4.69, 9.17) is 10.8 Å². The number of carbonyl (C=O) groups excluding carboxylic acids is 1. The van der Waals surface area contributed by atoms with Gasteiger partial charge in [0, 0.05) is 0 Å². The van der Waals surface area contributed by atoms with Gasteiger partial charge in [0.15, 0.2) is 5.70 Å². The van der Waals surface area contributed by atoms with Gasteiger partial charge in [-0.05, 0) is 31.5 Å². The lowest BCUT2D eigenvalue weighted by Crippen LogP contribution is -2.13. The number of phenolic OH excluding ortho intramolecular Hbond substituents is 1. The van der Waals surface area contributed by atoms with E-state index in [1.807, 2.05) is 6.92 Å². The van der Waals surface area contributed by atoms with Crippen LogP contribution in [0.25, 0.3) is 0 Å². The van der Waals surface area contributed by atoms with Gasteiger partial charge in [-0.3, -0.25) is 4.79 Å². The van der Waals surface area contributed by atoms with Gasteiger partial charge in [0.2, 0.25) is 0 Å². The van der Waals surface area contributed by atoms with Crippen LogP contribution in [0.4, 0.5) is 5.69 Å². The minimum absolute atomic E-state index is 0.0706. The normalized spacial score (nSPS) is 12.6. The number of aryl methyl sites for hydroxylation is 1. The van der Waals surface area contributed by atoms with Crippen molar-refractivity contribution in [1.29, 1.82) is 0 Å². The van der Waals surface area contributed by atoms with E-state index < -0.39 is 5.91 Å². The molecule has 0 unspecified atom stereocenters.